The quantitative estimate of drug-likeness (QED) is 0.589. The predicted molar refractivity (Wildman–Crippen MR) is 94.6 cm³/mol. The van der Waals surface area contributed by atoms with Crippen molar-refractivity contribution in [2.24, 2.45) is 0 Å². The van der Waals surface area contributed by atoms with Gasteiger partial charge >= 0.3 is 0 Å². The van der Waals surface area contributed by atoms with Gasteiger partial charge < -0.3 is 9.73 Å². The molecule has 3 aromatic heterocycles. The average molecular weight is 355 g/mol. The second-order valence-electron chi connectivity index (χ2n) is 5.26. The Bertz CT molecular complexity index is 911. The van der Waals surface area contributed by atoms with Crippen LogP contribution in [0.2, 0.25) is 0 Å². The maximum atomic E-state index is 12.5. The van der Waals surface area contributed by atoms with Gasteiger partial charge in [-0.3, -0.25) is 4.79 Å². The number of thiophene rings is 1. The first-order valence-electron chi connectivity index (χ1n) is 7.38. The second-order valence-corrected chi connectivity index (χ2v) is 6.77. The molecule has 1 aromatic carbocycles. The summed E-state index contributed by atoms with van der Waals surface area (Å²) in [7, 11) is 0. The highest BCUT2D eigenvalue weighted by atomic mass is 32.1. The summed E-state index contributed by atoms with van der Waals surface area (Å²) in [4.78, 5) is 13.6. The molecule has 0 aliphatic heterocycles. The van der Waals surface area contributed by atoms with E-state index in [1.54, 1.807) is 29.7 Å². The lowest BCUT2D eigenvalue weighted by molar-refractivity contribution is 0.0952. The molecule has 5 nitrogen and oxygen atoms in total. The lowest BCUT2D eigenvalue weighted by atomic mass is 10.0. The van der Waals surface area contributed by atoms with Crippen LogP contribution in [-0.2, 0) is 0 Å². The van der Waals surface area contributed by atoms with Gasteiger partial charge in [-0.05, 0) is 41.8 Å². The van der Waals surface area contributed by atoms with Gasteiger partial charge in [0.25, 0.3) is 5.91 Å². The number of furan rings is 1. The summed E-state index contributed by atoms with van der Waals surface area (Å²) in [5.41, 5.74) is 2.14. The first-order valence-corrected chi connectivity index (χ1v) is 8.99. The minimum Gasteiger partial charge on any atom is -0.469 e. The summed E-state index contributed by atoms with van der Waals surface area (Å²) in [5, 5.41) is 5.02. The van der Waals surface area contributed by atoms with Crippen molar-refractivity contribution >= 4 is 40.0 Å². The van der Waals surface area contributed by atoms with Crippen molar-refractivity contribution in [1.29, 1.82) is 0 Å². The van der Waals surface area contributed by atoms with Gasteiger partial charge in [-0.2, -0.15) is 8.75 Å². The van der Waals surface area contributed by atoms with Crippen LogP contribution in [0.5, 0.6) is 0 Å². The number of hydrogen-bond acceptors (Lipinski definition) is 6. The number of benzene rings is 1. The molecule has 0 aliphatic carbocycles. The van der Waals surface area contributed by atoms with E-state index < -0.39 is 0 Å². The third-order valence-corrected chi connectivity index (χ3v) is 5.30. The van der Waals surface area contributed by atoms with Gasteiger partial charge in [-0.1, -0.05) is 6.07 Å². The van der Waals surface area contributed by atoms with E-state index in [0.717, 1.165) is 33.4 Å². The Labute approximate surface area is 146 Å². The molecular weight excluding hydrogens is 342 g/mol. The van der Waals surface area contributed by atoms with Gasteiger partial charge in [-0.15, -0.1) is 11.3 Å². The Morgan fingerprint density at radius 3 is 2.88 bits per heavy atom. The van der Waals surface area contributed by atoms with Gasteiger partial charge in [0, 0.05) is 17.0 Å². The SMILES string of the molecule is O=C(NCC(c1ccco1)c1cccs1)c1ccc2nsnc2c1. The zero-order valence-electron chi connectivity index (χ0n) is 12.5. The van der Waals surface area contributed by atoms with Crippen molar-refractivity contribution in [3.8, 4) is 0 Å². The molecule has 4 rings (SSSR count). The maximum absolute atomic E-state index is 12.5. The minimum atomic E-state index is -0.127. The molecule has 3 heterocycles. The van der Waals surface area contributed by atoms with E-state index in [1.165, 1.54) is 0 Å². The van der Waals surface area contributed by atoms with Crippen LogP contribution in [0.25, 0.3) is 11.0 Å². The number of fused-ring (bicyclic) bond motifs is 1. The van der Waals surface area contributed by atoms with Crippen LogP contribution in [0.1, 0.15) is 26.9 Å². The number of hydrogen-bond donors (Lipinski definition) is 1. The molecule has 0 saturated heterocycles. The van der Waals surface area contributed by atoms with E-state index in [4.69, 9.17) is 4.42 Å². The maximum Gasteiger partial charge on any atom is 0.251 e. The molecular formula is C17H13N3O2S2. The van der Waals surface area contributed by atoms with Crippen molar-refractivity contribution < 1.29 is 9.21 Å². The molecule has 1 atom stereocenters. The molecule has 4 aromatic rings. The minimum absolute atomic E-state index is 0.00798. The van der Waals surface area contributed by atoms with E-state index in [-0.39, 0.29) is 11.8 Å². The summed E-state index contributed by atoms with van der Waals surface area (Å²) < 4.78 is 13.9. The molecule has 1 N–H and O–H groups in total. The molecule has 7 heteroatoms. The van der Waals surface area contributed by atoms with Gasteiger partial charge in [-0.25, -0.2) is 0 Å². The van der Waals surface area contributed by atoms with Gasteiger partial charge in [0.1, 0.15) is 16.8 Å². The molecule has 1 unspecified atom stereocenters. The third-order valence-electron chi connectivity index (χ3n) is 3.76. The van der Waals surface area contributed by atoms with Crippen LogP contribution in [0.15, 0.2) is 58.5 Å². The van der Waals surface area contributed by atoms with E-state index in [1.807, 2.05) is 29.6 Å². The topological polar surface area (TPSA) is 68.0 Å². The van der Waals surface area contributed by atoms with Crippen LogP contribution >= 0.6 is 23.1 Å². The van der Waals surface area contributed by atoms with Gasteiger partial charge in [0.05, 0.1) is 23.9 Å². The number of carbonyl (C=O) groups excluding carboxylic acids is 1. The standard InChI is InChI=1S/C17H13N3O2S2/c21-17(11-5-6-13-14(9-11)20-24-19-13)18-10-12(15-3-1-7-22-15)16-4-2-8-23-16/h1-9,12H,10H2,(H,18,21). The van der Waals surface area contributed by atoms with E-state index >= 15 is 0 Å². The molecule has 0 radical (unpaired) electrons. The summed E-state index contributed by atoms with van der Waals surface area (Å²) >= 11 is 2.80. The average Bonchev–Trinajstić information content (AvgIpc) is 3.36. The van der Waals surface area contributed by atoms with Gasteiger partial charge in [0.2, 0.25) is 0 Å². The Morgan fingerprint density at radius 2 is 2.08 bits per heavy atom. The lowest BCUT2D eigenvalue weighted by Crippen LogP contribution is -2.28. The van der Waals surface area contributed by atoms with Gasteiger partial charge in [0.15, 0.2) is 0 Å². The molecule has 0 bridgehead atoms. The third kappa shape index (κ3) is 2.95. The molecule has 0 spiro atoms. The lowest BCUT2D eigenvalue weighted by Gasteiger charge is -2.14. The molecule has 120 valence electrons. The predicted octanol–water partition coefficient (Wildman–Crippen LogP) is 3.91. The summed E-state index contributed by atoms with van der Waals surface area (Å²) in [5.74, 6) is 0.725. The monoisotopic (exact) mass is 355 g/mol. The Hall–Kier alpha value is -2.51. The number of carbonyl (C=O) groups is 1. The number of nitrogens with one attached hydrogen (secondary N) is 1. The molecule has 1 amide bonds. The highest BCUT2D eigenvalue weighted by Gasteiger charge is 2.19. The highest BCUT2D eigenvalue weighted by molar-refractivity contribution is 7.10. The Kier molecular flexibility index (Phi) is 4.10. The zero-order chi connectivity index (χ0) is 16.4. The second kappa shape index (κ2) is 6.54. The largest absolute Gasteiger partial charge is 0.469 e. The number of aromatic nitrogens is 2. The van der Waals surface area contributed by atoms with Crippen LogP contribution in [0.4, 0.5) is 0 Å². The number of amides is 1. The Morgan fingerprint density at radius 1 is 1.17 bits per heavy atom. The van der Waals surface area contributed by atoms with Crippen molar-refractivity contribution in [2.45, 2.75) is 5.92 Å². The number of nitrogens with zero attached hydrogens (tertiary/aromatic N) is 2. The fraction of sp³-hybridized carbons (Fsp3) is 0.118. The summed E-state index contributed by atoms with van der Waals surface area (Å²) in [6.45, 7) is 0.472. The zero-order valence-corrected chi connectivity index (χ0v) is 14.1. The van der Waals surface area contributed by atoms with Crippen LogP contribution in [0, 0.1) is 0 Å². The molecule has 0 saturated carbocycles. The highest BCUT2D eigenvalue weighted by Crippen LogP contribution is 2.28. The number of rotatable bonds is 5. The van der Waals surface area contributed by atoms with Crippen LogP contribution in [0.3, 0.4) is 0 Å². The smallest absolute Gasteiger partial charge is 0.251 e. The van der Waals surface area contributed by atoms with Crippen LogP contribution < -0.4 is 5.32 Å². The van der Waals surface area contributed by atoms with Crippen molar-refractivity contribution in [3.63, 3.8) is 0 Å². The molecule has 0 aliphatic rings. The van der Waals surface area contributed by atoms with E-state index in [2.05, 4.69) is 20.1 Å². The van der Waals surface area contributed by atoms with E-state index in [9.17, 15) is 4.79 Å². The normalized spacial score (nSPS) is 12.3. The van der Waals surface area contributed by atoms with E-state index in [0.29, 0.717) is 12.1 Å². The first-order chi connectivity index (χ1) is 11.8. The molecule has 24 heavy (non-hydrogen) atoms. The summed E-state index contributed by atoms with van der Waals surface area (Å²) in [6, 6.07) is 13.2. The summed E-state index contributed by atoms with van der Waals surface area (Å²) in [6.07, 6.45) is 1.65. The Balaban J connectivity index is 1.52. The first kappa shape index (κ1) is 15.0. The van der Waals surface area contributed by atoms with Crippen LogP contribution in [-0.4, -0.2) is 21.2 Å². The van der Waals surface area contributed by atoms with Crippen molar-refractivity contribution in [3.05, 3.63) is 70.3 Å². The van der Waals surface area contributed by atoms with Crippen molar-refractivity contribution in [2.75, 3.05) is 6.54 Å². The molecule has 0 fully saturated rings. The fourth-order valence-electron chi connectivity index (χ4n) is 2.54. The fourth-order valence-corrected chi connectivity index (χ4v) is 3.89. The van der Waals surface area contributed by atoms with Crippen molar-refractivity contribution in [1.82, 2.24) is 14.1 Å².